The van der Waals surface area contributed by atoms with Crippen LogP contribution < -0.4 is 5.32 Å². The molecule has 2 saturated heterocycles. The molecule has 0 spiro atoms. The van der Waals surface area contributed by atoms with Crippen LogP contribution in [0.5, 0.6) is 0 Å². The largest absolute Gasteiger partial charge is 0.341 e. The quantitative estimate of drug-likeness (QED) is 0.792. The molecule has 2 fully saturated rings. The first kappa shape index (κ1) is 11.9. The van der Waals surface area contributed by atoms with E-state index in [0.29, 0.717) is 5.91 Å². The molecule has 0 bridgehead atoms. The van der Waals surface area contributed by atoms with Gasteiger partial charge in [-0.05, 0) is 38.1 Å². The fourth-order valence-corrected chi connectivity index (χ4v) is 2.97. The molecule has 0 radical (unpaired) electrons. The molecule has 0 aliphatic carbocycles. The van der Waals surface area contributed by atoms with Crippen LogP contribution in [0.25, 0.3) is 0 Å². The minimum atomic E-state index is 0.128. The lowest BCUT2D eigenvalue weighted by Crippen LogP contribution is -2.46. The van der Waals surface area contributed by atoms with Gasteiger partial charge in [-0.3, -0.25) is 4.79 Å². The highest BCUT2D eigenvalue weighted by Gasteiger charge is 2.29. The Hall–Kier alpha value is -0.570. The Morgan fingerprint density at radius 2 is 2.06 bits per heavy atom. The predicted octanol–water partition coefficient (Wildman–Crippen LogP) is 1.78. The first-order valence-electron chi connectivity index (χ1n) is 6.83. The molecule has 0 saturated carbocycles. The summed E-state index contributed by atoms with van der Waals surface area (Å²) in [5.41, 5.74) is 0. The van der Waals surface area contributed by atoms with E-state index in [-0.39, 0.29) is 6.04 Å². The SMILES string of the molecule is CCCC1CCN(C(=O)[C@@H]2CCCN2)CC1. The average molecular weight is 224 g/mol. The summed E-state index contributed by atoms with van der Waals surface area (Å²) in [7, 11) is 0. The topological polar surface area (TPSA) is 32.3 Å². The highest BCUT2D eigenvalue weighted by molar-refractivity contribution is 5.82. The zero-order valence-corrected chi connectivity index (χ0v) is 10.4. The van der Waals surface area contributed by atoms with E-state index >= 15 is 0 Å². The third-order valence-electron chi connectivity index (χ3n) is 3.98. The zero-order chi connectivity index (χ0) is 11.4. The maximum atomic E-state index is 12.1. The van der Waals surface area contributed by atoms with Crippen molar-refractivity contribution in [3.05, 3.63) is 0 Å². The Kier molecular flexibility index (Phi) is 4.22. The molecular weight excluding hydrogens is 200 g/mol. The van der Waals surface area contributed by atoms with Gasteiger partial charge in [0, 0.05) is 13.1 Å². The number of nitrogens with zero attached hydrogens (tertiary/aromatic N) is 1. The van der Waals surface area contributed by atoms with Gasteiger partial charge in [0.25, 0.3) is 0 Å². The standard InChI is InChI=1S/C13H24N2O/c1-2-4-11-6-9-15(10-7-11)13(16)12-5-3-8-14-12/h11-12,14H,2-10H2,1H3/t12-/m0/s1. The Morgan fingerprint density at radius 3 is 2.62 bits per heavy atom. The lowest BCUT2D eigenvalue weighted by atomic mass is 9.92. The van der Waals surface area contributed by atoms with E-state index in [4.69, 9.17) is 0 Å². The predicted molar refractivity (Wildman–Crippen MR) is 65.2 cm³/mol. The molecule has 16 heavy (non-hydrogen) atoms. The van der Waals surface area contributed by atoms with Gasteiger partial charge < -0.3 is 10.2 Å². The second kappa shape index (κ2) is 5.67. The Balaban J connectivity index is 1.77. The van der Waals surface area contributed by atoms with Crippen molar-refractivity contribution in [2.24, 2.45) is 5.92 Å². The lowest BCUT2D eigenvalue weighted by Gasteiger charge is -2.33. The first-order valence-corrected chi connectivity index (χ1v) is 6.83. The van der Waals surface area contributed by atoms with Gasteiger partial charge in [0.15, 0.2) is 0 Å². The number of likely N-dealkylation sites (tertiary alicyclic amines) is 1. The third-order valence-corrected chi connectivity index (χ3v) is 3.98. The van der Waals surface area contributed by atoms with Crippen LogP contribution in [0.2, 0.25) is 0 Å². The Morgan fingerprint density at radius 1 is 1.31 bits per heavy atom. The van der Waals surface area contributed by atoms with Gasteiger partial charge in [-0.1, -0.05) is 19.8 Å². The van der Waals surface area contributed by atoms with Crippen molar-refractivity contribution in [1.82, 2.24) is 10.2 Å². The van der Waals surface area contributed by atoms with E-state index in [0.717, 1.165) is 38.4 Å². The number of rotatable bonds is 3. The number of nitrogens with one attached hydrogen (secondary N) is 1. The van der Waals surface area contributed by atoms with Crippen molar-refractivity contribution >= 4 is 5.91 Å². The van der Waals surface area contributed by atoms with Crippen molar-refractivity contribution in [2.75, 3.05) is 19.6 Å². The van der Waals surface area contributed by atoms with E-state index in [1.807, 2.05) is 0 Å². The maximum absolute atomic E-state index is 12.1. The Bertz CT molecular complexity index is 228. The molecule has 0 unspecified atom stereocenters. The summed E-state index contributed by atoms with van der Waals surface area (Å²) in [5.74, 6) is 1.22. The molecule has 2 aliphatic rings. The van der Waals surface area contributed by atoms with E-state index in [1.165, 1.54) is 25.7 Å². The number of piperidine rings is 1. The van der Waals surface area contributed by atoms with Crippen LogP contribution in [-0.4, -0.2) is 36.5 Å². The van der Waals surface area contributed by atoms with E-state index in [1.54, 1.807) is 0 Å². The maximum Gasteiger partial charge on any atom is 0.239 e. The Labute approximate surface area is 98.6 Å². The summed E-state index contributed by atoms with van der Waals surface area (Å²) >= 11 is 0. The summed E-state index contributed by atoms with van der Waals surface area (Å²) in [5, 5.41) is 3.30. The van der Waals surface area contributed by atoms with Gasteiger partial charge in [0.1, 0.15) is 0 Å². The molecule has 0 aromatic heterocycles. The molecule has 3 heteroatoms. The number of hydrogen-bond donors (Lipinski definition) is 1. The number of carbonyl (C=O) groups is 1. The zero-order valence-electron chi connectivity index (χ0n) is 10.4. The molecule has 1 amide bonds. The summed E-state index contributed by atoms with van der Waals surface area (Å²) in [4.78, 5) is 14.2. The fourth-order valence-electron chi connectivity index (χ4n) is 2.97. The van der Waals surface area contributed by atoms with E-state index < -0.39 is 0 Å². The van der Waals surface area contributed by atoms with Gasteiger partial charge in [-0.2, -0.15) is 0 Å². The molecule has 2 aliphatic heterocycles. The minimum absolute atomic E-state index is 0.128. The van der Waals surface area contributed by atoms with Crippen molar-refractivity contribution in [3.63, 3.8) is 0 Å². The van der Waals surface area contributed by atoms with Crippen molar-refractivity contribution in [3.8, 4) is 0 Å². The third kappa shape index (κ3) is 2.76. The minimum Gasteiger partial charge on any atom is -0.341 e. The molecule has 1 atom stereocenters. The molecule has 92 valence electrons. The summed E-state index contributed by atoms with van der Waals surface area (Å²) in [6.45, 7) is 5.24. The van der Waals surface area contributed by atoms with Crippen molar-refractivity contribution in [2.45, 2.75) is 51.5 Å². The number of hydrogen-bond acceptors (Lipinski definition) is 2. The van der Waals surface area contributed by atoms with Crippen LogP contribution in [-0.2, 0) is 4.79 Å². The number of amides is 1. The van der Waals surface area contributed by atoms with Gasteiger partial charge in [0.2, 0.25) is 5.91 Å². The normalized spacial score (nSPS) is 27.3. The monoisotopic (exact) mass is 224 g/mol. The number of carbonyl (C=O) groups excluding carboxylic acids is 1. The molecule has 0 aromatic rings. The lowest BCUT2D eigenvalue weighted by molar-refractivity contribution is -0.134. The smallest absolute Gasteiger partial charge is 0.239 e. The molecular formula is C13H24N2O. The molecule has 2 heterocycles. The second-order valence-electron chi connectivity index (χ2n) is 5.21. The van der Waals surface area contributed by atoms with E-state index in [2.05, 4.69) is 17.1 Å². The van der Waals surface area contributed by atoms with Crippen LogP contribution in [0.4, 0.5) is 0 Å². The van der Waals surface area contributed by atoms with Crippen LogP contribution in [0.15, 0.2) is 0 Å². The van der Waals surface area contributed by atoms with Crippen LogP contribution in [0.1, 0.15) is 45.4 Å². The van der Waals surface area contributed by atoms with Gasteiger partial charge in [0.05, 0.1) is 6.04 Å². The summed E-state index contributed by atoms with van der Waals surface area (Å²) in [6, 6.07) is 0.128. The highest BCUT2D eigenvalue weighted by atomic mass is 16.2. The van der Waals surface area contributed by atoms with Gasteiger partial charge in [-0.15, -0.1) is 0 Å². The van der Waals surface area contributed by atoms with Crippen molar-refractivity contribution in [1.29, 1.82) is 0 Å². The van der Waals surface area contributed by atoms with Gasteiger partial charge >= 0.3 is 0 Å². The summed E-state index contributed by atoms with van der Waals surface area (Å²) in [6.07, 6.45) is 7.24. The molecule has 3 nitrogen and oxygen atoms in total. The van der Waals surface area contributed by atoms with E-state index in [9.17, 15) is 4.79 Å². The van der Waals surface area contributed by atoms with Crippen LogP contribution in [0.3, 0.4) is 0 Å². The fraction of sp³-hybridized carbons (Fsp3) is 0.923. The molecule has 1 N–H and O–H groups in total. The first-order chi connectivity index (χ1) is 7.81. The van der Waals surface area contributed by atoms with Gasteiger partial charge in [-0.25, -0.2) is 0 Å². The van der Waals surface area contributed by atoms with Crippen LogP contribution in [0, 0.1) is 5.92 Å². The van der Waals surface area contributed by atoms with Crippen LogP contribution >= 0.6 is 0 Å². The highest BCUT2D eigenvalue weighted by Crippen LogP contribution is 2.22. The second-order valence-corrected chi connectivity index (χ2v) is 5.21. The summed E-state index contributed by atoms with van der Waals surface area (Å²) < 4.78 is 0. The molecule has 2 rings (SSSR count). The average Bonchev–Trinajstić information content (AvgIpc) is 2.83. The van der Waals surface area contributed by atoms with Crippen molar-refractivity contribution < 1.29 is 4.79 Å². The molecule has 0 aromatic carbocycles.